The molecule has 1 amide bonds. The van der Waals surface area contributed by atoms with Crippen LogP contribution in [-0.2, 0) is 23.8 Å². The van der Waals surface area contributed by atoms with E-state index in [1.54, 1.807) is 6.08 Å². The van der Waals surface area contributed by atoms with Crippen LogP contribution in [0.4, 0.5) is 0 Å². The monoisotopic (exact) mass is 1010 g/mol. The number of ether oxygens (including phenoxy) is 3. The minimum atomic E-state index is -1.65. The molecule has 0 spiro atoms. The summed E-state index contributed by atoms with van der Waals surface area (Å²) in [6.45, 7) is 5.54. The van der Waals surface area contributed by atoms with Gasteiger partial charge in [0.25, 0.3) is 0 Å². The molecule has 0 aromatic heterocycles. The summed E-state index contributed by atoms with van der Waals surface area (Å²) in [5, 5.41) is 56.7. The summed E-state index contributed by atoms with van der Waals surface area (Å²) in [6.07, 6.45) is 54.2. The lowest BCUT2D eigenvalue weighted by Gasteiger charge is -2.41. The normalized spacial score (nSPS) is 20.4. The van der Waals surface area contributed by atoms with E-state index < -0.39 is 67.4 Å². The predicted molar refractivity (Wildman–Crippen MR) is 296 cm³/mol. The van der Waals surface area contributed by atoms with Crippen LogP contribution in [0, 0.1) is 0 Å². The van der Waals surface area contributed by atoms with Crippen LogP contribution < -0.4 is 5.32 Å². The average Bonchev–Trinajstić information content (AvgIpc) is 3.38. The highest BCUT2D eigenvalue weighted by atomic mass is 16.7. The lowest BCUT2D eigenvalue weighted by Crippen LogP contribution is -2.61. The van der Waals surface area contributed by atoms with Gasteiger partial charge in [-0.2, -0.15) is 0 Å². The van der Waals surface area contributed by atoms with Gasteiger partial charge in [-0.15, -0.1) is 0 Å². The van der Waals surface area contributed by atoms with Gasteiger partial charge in [-0.1, -0.05) is 220 Å². The zero-order valence-electron chi connectivity index (χ0n) is 45.0. The van der Waals surface area contributed by atoms with Gasteiger partial charge in [0.2, 0.25) is 5.91 Å². The Morgan fingerprint density at radius 3 is 1.65 bits per heavy atom. The lowest BCUT2D eigenvalue weighted by molar-refractivity contribution is -0.305. The molecule has 8 atom stereocenters. The van der Waals surface area contributed by atoms with E-state index in [9.17, 15) is 35.1 Å². The highest BCUT2D eigenvalue weighted by Gasteiger charge is 2.47. The summed E-state index contributed by atoms with van der Waals surface area (Å²) < 4.78 is 17.5. The van der Waals surface area contributed by atoms with Crippen molar-refractivity contribution in [2.24, 2.45) is 0 Å². The van der Waals surface area contributed by atoms with Gasteiger partial charge in [-0.3, -0.25) is 9.59 Å². The number of amides is 1. The van der Waals surface area contributed by atoms with Crippen molar-refractivity contribution >= 4 is 11.9 Å². The zero-order chi connectivity index (χ0) is 52.5. The van der Waals surface area contributed by atoms with Crippen LogP contribution >= 0.6 is 0 Å². The van der Waals surface area contributed by atoms with E-state index in [0.717, 1.165) is 83.5 Å². The first-order valence-electron chi connectivity index (χ1n) is 28.2. The molecular weight excluding hydrogens is 907 g/mol. The number of aliphatic hydroxyl groups excluding tert-OH is 5. The van der Waals surface area contributed by atoms with Crippen molar-refractivity contribution in [3.8, 4) is 0 Å². The van der Waals surface area contributed by atoms with E-state index in [-0.39, 0.29) is 19.4 Å². The molecule has 0 aromatic rings. The Hall–Kier alpha value is -3.68. The Labute approximate surface area is 437 Å². The second-order valence-corrected chi connectivity index (χ2v) is 19.0. The van der Waals surface area contributed by atoms with Gasteiger partial charge < -0.3 is 45.1 Å². The third kappa shape index (κ3) is 36.3. The summed E-state index contributed by atoms with van der Waals surface area (Å²) in [5.74, 6) is -1.29. The molecule has 8 unspecified atom stereocenters. The van der Waals surface area contributed by atoms with Crippen LogP contribution in [-0.4, -0.2) is 99.6 Å². The molecule has 0 aromatic carbocycles. The van der Waals surface area contributed by atoms with Crippen LogP contribution in [0.5, 0.6) is 0 Å². The van der Waals surface area contributed by atoms with Crippen molar-refractivity contribution in [2.75, 3.05) is 13.2 Å². The van der Waals surface area contributed by atoms with Crippen molar-refractivity contribution in [1.82, 2.24) is 5.32 Å². The molecule has 0 saturated carbocycles. The van der Waals surface area contributed by atoms with Crippen molar-refractivity contribution in [1.29, 1.82) is 0 Å². The minimum absolute atomic E-state index is 0.0386. The highest BCUT2D eigenvalue weighted by molar-refractivity contribution is 5.80. The summed E-state index contributed by atoms with van der Waals surface area (Å²) >= 11 is 0. The molecule has 1 rings (SSSR count). The van der Waals surface area contributed by atoms with E-state index in [4.69, 9.17) is 14.2 Å². The molecule has 0 bridgehead atoms. The van der Waals surface area contributed by atoms with Crippen LogP contribution in [0.15, 0.2) is 109 Å². The van der Waals surface area contributed by atoms with E-state index >= 15 is 0 Å². The molecule has 1 aliphatic rings. The van der Waals surface area contributed by atoms with Crippen LogP contribution in [0.2, 0.25) is 0 Å². The third-order valence-corrected chi connectivity index (χ3v) is 12.5. The summed E-state index contributed by atoms with van der Waals surface area (Å²) in [7, 11) is 0. The molecule has 6 N–H and O–H groups in total. The topological polar surface area (TPSA) is 175 Å². The first kappa shape index (κ1) is 66.3. The van der Waals surface area contributed by atoms with E-state index in [1.807, 2.05) is 54.7 Å². The van der Waals surface area contributed by atoms with E-state index in [0.29, 0.717) is 19.3 Å². The third-order valence-electron chi connectivity index (χ3n) is 12.5. The molecule has 1 aliphatic heterocycles. The fraction of sp³-hybridized carbons (Fsp3) is 0.672. The Morgan fingerprint density at radius 1 is 0.569 bits per heavy atom. The van der Waals surface area contributed by atoms with Crippen molar-refractivity contribution in [2.45, 2.75) is 250 Å². The van der Waals surface area contributed by atoms with Gasteiger partial charge in [0.15, 0.2) is 12.4 Å². The Bertz CT molecular complexity index is 1580. The first-order valence-corrected chi connectivity index (χ1v) is 28.2. The molecule has 0 aliphatic carbocycles. The zero-order valence-corrected chi connectivity index (χ0v) is 45.0. The number of aliphatic hydroxyl groups is 5. The number of allylic oxidation sites excluding steroid dienone is 17. The quantitative estimate of drug-likeness (QED) is 0.0149. The smallest absolute Gasteiger partial charge is 0.306 e. The molecule has 1 fully saturated rings. The van der Waals surface area contributed by atoms with Gasteiger partial charge in [-0.05, 0) is 83.5 Å². The number of nitrogens with one attached hydrogen (secondary N) is 1. The second-order valence-electron chi connectivity index (χ2n) is 19.0. The minimum Gasteiger partial charge on any atom is -0.454 e. The van der Waals surface area contributed by atoms with Gasteiger partial charge in [0.1, 0.15) is 24.4 Å². The average molecular weight is 1010 g/mol. The van der Waals surface area contributed by atoms with Gasteiger partial charge in [0, 0.05) is 6.42 Å². The largest absolute Gasteiger partial charge is 0.454 e. The lowest BCUT2D eigenvalue weighted by atomic mass is 9.99. The summed E-state index contributed by atoms with van der Waals surface area (Å²) in [5.41, 5.74) is 0. The fourth-order valence-corrected chi connectivity index (χ4v) is 8.00. The SMILES string of the molecule is CC/C=C/C=C/C=C/C=C\CCCCCCC(O)C(=O)NC(COC1OC(CO)C(O)C(O)C1OC(=O)CCC/C=C\C/C=C\C/C=C\C/C=C\CCCCC)C(O)/C=C/CCCCCCCCCCCC. The van der Waals surface area contributed by atoms with Gasteiger partial charge in [0.05, 0.1) is 25.4 Å². The molecule has 11 nitrogen and oxygen atoms in total. The summed E-state index contributed by atoms with van der Waals surface area (Å²) in [4.78, 5) is 26.4. The number of hydrogen-bond donors (Lipinski definition) is 6. The number of rotatable bonds is 45. The highest BCUT2D eigenvalue weighted by Crippen LogP contribution is 2.26. The van der Waals surface area contributed by atoms with Crippen molar-refractivity contribution < 1.29 is 49.3 Å². The predicted octanol–water partition coefficient (Wildman–Crippen LogP) is 12.5. The maximum Gasteiger partial charge on any atom is 0.306 e. The number of carbonyl (C=O) groups is 2. The molecule has 1 heterocycles. The second kappa shape index (κ2) is 48.3. The molecule has 1 saturated heterocycles. The van der Waals surface area contributed by atoms with Crippen LogP contribution in [0.1, 0.15) is 201 Å². The maximum atomic E-state index is 13.4. The van der Waals surface area contributed by atoms with Crippen molar-refractivity contribution in [3.05, 3.63) is 109 Å². The fourth-order valence-electron chi connectivity index (χ4n) is 8.00. The van der Waals surface area contributed by atoms with Crippen LogP contribution in [0.25, 0.3) is 0 Å². The van der Waals surface area contributed by atoms with Gasteiger partial charge >= 0.3 is 5.97 Å². The number of unbranched alkanes of at least 4 members (excludes halogenated alkanes) is 18. The molecule has 11 heteroatoms. The molecular formula is C61H101NO10. The Morgan fingerprint density at radius 2 is 1.06 bits per heavy atom. The van der Waals surface area contributed by atoms with Crippen molar-refractivity contribution in [3.63, 3.8) is 0 Å². The standard InChI is InChI=1S/C61H101NO10/c1-4-7-10-13-16-19-22-25-27-28-29-31-34-37-40-43-46-49-56(66)72-59-58(68)57(67)55(50-63)71-61(59)70-51-52(53(64)47-44-41-38-35-32-24-21-18-15-12-9-6-3)62-60(69)54(65)48-45-42-39-36-33-30-26-23-20-17-14-11-8-5-2/h8,11,14,16-17,19-20,23,25-27,29-31,37,40,44,47,52-55,57-59,61,63-65,67-68H,4-7,9-10,12-13,15,18,21-22,24,28,32-36,38-39,41-43,45-46,48-51H2,1-3H3,(H,62,69)/b11-8+,17-14+,19-16-,23-20+,27-25-,30-26-,31-29-,40-37-,47-44+. The number of carbonyl (C=O) groups excluding carboxylic acids is 2. The number of esters is 1. The van der Waals surface area contributed by atoms with Gasteiger partial charge in [-0.25, -0.2) is 0 Å². The Balaban J connectivity index is 2.80. The molecule has 0 radical (unpaired) electrons. The first-order chi connectivity index (χ1) is 35.2. The molecule has 72 heavy (non-hydrogen) atoms. The summed E-state index contributed by atoms with van der Waals surface area (Å²) in [6, 6.07) is -1.05. The maximum absolute atomic E-state index is 13.4. The van der Waals surface area contributed by atoms with Crippen LogP contribution in [0.3, 0.4) is 0 Å². The Kier molecular flexibility index (Phi) is 44.5. The van der Waals surface area contributed by atoms with E-state index in [1.165, 1.54) is 64.2 Å². The number of hydrogen-bond acceptors (Lipinski definition) is 10. The van der Waals surface area contributed by atoms with E-state index in [2.05, 4.69) is 74.7 Å². The molecule has 410 valence electrons.